The zero-order valence-electron chi connectivity index (χ0n) is 9.65. The molecule has 1 aromatic rings. The van der Waals surface area contributed by atoms with Gasteiger partial charge in [-0.05, 0) is 43.5 Å². The van der Waals surface area contributed by atoms with Crippen molar-refractivity contribution >= 4 is 0 Å². The van der Waals surface area contributed by atoms with Crippen LogP contribution in [0.1, 0.15) is 24.5 Å². The second kappa shape index (κ2) is 5.80. The summed E-state index contributed by atoms with van der Waals surface area (Å²) in [5.41, 5.74) is 6.38. The summed E-state index contributed by atoms with van der Waals surface area (Å²) in [4.78, 5) is 0. The molecule has 0 heterocycles. The molecule has 0 saturated carbocycles. The average molecular weight is 229 g/mol. The van der Waals surface area contributed by atoms with Crippen molar-refractivity contribution in [2.75, 3.05) is 13.2 Å². The highest BCUT2D eigenvalue weighted by atomic mass is 19.1. The fourth-order valence-corrected chi connectivity index (χ4v) is 1.49. The minimum absolute atomic E-state index is 0.278. The van der Waals surface area contributed by atoms with Gasteiger partial charge in [-0.25, -0.2) is 8.78 Å². The van der Waals surface area contributed by atoms with E-state index in [0.29, 0.717) is 37.1 Å². The molecular weight excluding hydrogens is 212 g/mol. The van der Waals surface area contributed by atoms with Gasteiger partial charge >= 0.3 is 0 Å². The average Bonchev–Trinajstić information content (AvgIpc) is 2.26. The summed E-state index contributed by atoms with van der Waals surface area (Å²) >= 11 is 0. The molecule has 1 aromatic carbocycles. The maximum Gasteiger partial charge on any atom is 0.190 e. The SMILES string of the molecule is CCCOc1c(F)cc(CCN)c(C)c1F. The molecule has 0 aliphatic heterocycles. The van der Waals surface area contributed by atoms with Gasteiger partial charge < -0.3 is 10.5 Å². The van der Waals surface area contributed by atoms with Crippen LogP contribution in [-0.4, -0.2) is 13.2 Å². The van der Waals surface area contributed by atoms with E-state index in [1.54, 1.807) is 6.92 Å². The number of nitrogens with two attached hydrogens (primary N) is 1. The van der Waals surface area contributed by atoms with E-state index < -0.39 is 11.6 Å². The second-order valence-corrected chi connectivity index (χ2v) is 3.67. The molecule has 0 amide bonds. The van der Waals surface area contributed by atoms with Crippen molar-refractivity contribution in [3.05, 3.63) is 28.8 Å². The summed E-state index contributed by atoms with van der Waals surface area (Å²) in [7, 11) is 0. The van der Waals surface area contributed by atoms with Gasteiger partial charge in [0.05, 0.1) is 6.61 Å². The number of rotatable bonds is 5. The third-order valence-electron chi connectivity index (χ3n) is 2.39. The quantitative estimate of drug-likeness (QED) is 0.842. The minimum Gasteiger partial charge on any atom is -0.488 e. The number of ether oxygens (including phenoxy) is 1. The molecule has 0 saturated heterocycles. The smallest absolute Gasteiger partial charge is 0.190 e. The largest absolute Gasteiger partial charge is 0.488 e. The molecule has 16 heavy (non-hydrogen) atoms. The summed E-state index contributed by atoms with van der Waals surface area (Å²) in [6.45, 7) is 4.17. The van der Waals surface area contributed by atoms with Crippen LogP contribution in [0.5, 0.6) is 5.75 Å². The molecule has 0 unspecified atom stereocenters. The van der Waals surface area contributed by atoms with Crippen LogP contribution in [0.25, 0.3) is 0 Å². The Hall–Kier alpha value is -1.16. The van der Waals surface area contributed by atoms with Crippen LogP contribution < -0.4 is 10.5 Å². The zero-order chi connectivity index (χ0) is 12.1. The molecule has 0 fully saturated rings. The van der Waals surface area contributed by atoms with Gasteiger partial charge in [-0.15, -0.1) is 0 Å². The van der Waals surface area contributed by atoms with Crippen molar-refractivity contribution in [2.24, 2.45) is 5.73 Å². The van der Waals surface area contributed by atoms with E-state index in [1.165, 1.54) is 6.07 Å². The molecule has 0 aliphatic carbocycles. The normalized spacial score (nSPS) is 10.6. The molecule has 0 atom stereocenters. The number of halogens is 2. The van der Waals surface area contributed by atoms with E-state index in [4.69, 9.17) is 10.5 Å². The first-order valence-electron chi connectivity index (χ1n) is 5.42. The third-order valence-corrected chi connectivity index (χ3v) is 2.39. The van der Waals surface area contributed by atoms with E-state index >= 15 is 0 Å². The summed E-state index contributed by atoms with van der Waals surface area (Å²) in [5.74, 6) is -1.54. The highest BCUT2D eigenvalue weighted by Crippen LogP contribution is 2.27. The molecular formula is C12H17F2NO. The third kappa shape index (κ3) is 2.70. The Labute approximate surface area is 94.4 Å². The van der Waals surface area contributed by atoms with Crippen LogP contribution >= 0.6 is 0 Å². The Morgan fingerprint density at radius 2 is 2.06 bits per heavy atom. The van der Waals surface area contributed by atoms with E-state index in [-0.39, 0.29) is 5.75 Å². The highest BCUT2D eigenvalue weighted by Gasteiger charge is 2.16. The standard InChI is InChI=1S/C12H17F2NO/c1-3-6-16-12-10(13)7-9(4-5-15)8(2)11(12)14/h7H,3-6,15H2,1-2H3. The number of hydrogen-bond acceptors (Lipinski definition) is 2. The predicted molar refractivity (Wildman–Crippen MR) is 59.6 cm³/mol. The van der Waals surface area contributed by atoms with Crippen LogP contribution in [0.15, 0.2) is 6.07 Å². The first-order chi connectivity index (χ1) is 7.61. The van der Waals surface area contributed by atoms with Crippen molar-refractivity contribution < 1.29 is 13.5 Å². The summed E-state index contributed by atoms with van der Waals surface area (Å²) < 4.78 is 32.3. The van der Waals surface area contributed by atoms with Crippen LogP contribution in [0.3, 0.4) is 0 Å². The second-order valence-electron chi connectivity index (χ2n) is 3.67. The molecule has 0 aliphatic rings. The van der Waals surface area contributed by atoms with Gasteiger partial charge in [-0.1, -0.05) is 6.92 Å². The molecule has 0 spiro atoms. The van der Waals surface area contributed by atoms with Gasteiger partial charge in [0.15, 0.2) is 17.4 Å². The van der Waals surface area contributed by atoms with Gasteiger partial charge in [-0.3, -0.25) is 0 Å². The van der Waals surface area contributed by atoms with Crippen LogP contribution in [0.2, 0.25) is 0 Å². The van der Waals surface area contributed by atoms with Gasteiger partial charge in [0, 0.05) is 0 Å². The van der Waals surface area contributed by atoms with Gasteiger partial charge in [-0.2, -0.15) is 0 Å². The summed E-state index contributed by atoms with van der Waals surface area (Å²) in [5, 5.41) is 0. The predicted octanol–water partition coefficient (Wildman–Crippen LogP) is 2.56. The molecule has 4 heteroatoms. The summed E-state index contributed by atoms with van der Waals surface area (Å²) in [6.07, 6.45) is 1.18. The van der Waals surface area contributed by atoms with E-state index in [2.05, 4.69) is 0 Å². The Kier molecular flexibility index (Phi) is 4.68. The minimum atomic E-state index is -0.653. The molecule has 90 valence electrons. The lowest BCUT2D eigenvalue weighted by Gasteiger charge is -2.12. The van der Waals surface area contributed by atoms with Gasteiger partial charge in [0.25, 0.3) is 0 Å². The maximum atomic E-state index is 13.8. The van der Waals surface area contributed by atoms with Crippen LogP contribution in [0.4, 0.5) is 8.78 Å². The highest BCUT2D eigenvalue weighted by molar-refractivity contribution is 5.38. The molecule has 1 rings (SSSR count). The Morgan fingerprint density at radius 1 is 1.38 bits per heavy atom. The van der Waals surface area contributed by atoms with Gasteiger partial charge in [0.1, 0.15) is 0 Å². The topological polar surface area (TPSA) is 35.2 Å². The lowest BCUT2D eigenvalue weighted by molar-refractivity contribution is 0.283. The fraction of sp³-hybridized carbons (Fsp3) is 0.500. The van der Waals surface area contributed by atoms with Crippen molar-refractivity contribution in [3.8, 4) is 5.75 Å². The van der Waals surface area contributed by atoms with Gasteiger partial charge in [0.2, 0.25) is 0 Å². The zero-order valence-corrected chi connectivity index (χ0v) is 9.65. The molecule has 0 aromatic heterocycles. The number of benzene rings is 1. The first kappa shape index (κ1) is 12.9. The maximum absolute atomic E-state index is 13.8. The fourth-order valence-electron chi connectivity index (χ4n) is 1.49. The first-order valence-corrected chi connectivity index (χ1v) is 5.42. The van der Waals surface area contributed by atoms with Crippen molar-refractivity contribution in [1.82, 2.24) is 0 Å². The Bertz CT molecular complexity index is 367. The van der Waals surface area contributed by atoms with E-state index in [1.807, 2.05) is 6.92 Å². The number of hydrogen-bond donors (Lipinski definition) is 1. The molecule has 0 radical (unpaired) electrons. The Morgan fingerprint density at radius 3 is 2.62 bits per heavy atom. The van der Waals surface area contributed by atoms with Crippen LogP contribution in [0, 0.1) is 18.6 Å². The van der Waals surface area contributed by atoms with E-state index in [9.17, 15) is 8.78 Å². The lowest BCUT2D eigenvalue weighted by atomic mass is 10.0. The molecule has 2 N–H and O–H groups in total. The van der Waals surface area contributed by atoms with Crippen LogP contribution in [-0.2, 0) is 6.42 Å². The monoisotopic (exact) mass is 229 g/mol. The summed E-state index contributed by atoms with van der Waals surface area (Å²) in [6, 6.07) is 1.30. The molecule has 2 nitrogen and oxygen atoms in total. The lowest BCUT2D eigenvalue weighted by Crippen LogP contribution is -2.08. The van der Waals surface area contributed by atoms with Crippen molar-refractivity contribution in [2.45, 2.75) is 26.7 Å². The molecule has 0 bridgehead atoms. The Balaban J connectivity index is 3.07. The van der Waals surface area contributed by atoms with Crippen molar-refractivity contribution in [3.63, 3.8) is 0 Å². The van der Waals surface area contributed by atoms with E-state index in [0.717, 1.165) is 0 Å². The van der Waals surface area contributed by atoms with Crippen molar-refractivity contribution in [1.29, 1.82) is 0 Å².